The normalized spacial score (nSPS) is 15.1. The molecule has 0 spiro atoms. The third-order valence-electron chi connectivity index (χ3n) is 5.51. The summed E-state index contributed by atoms with van der Waals surface area (Å²) in [6.07, 6.45) is 2.63. The fraction of sp³-hybridized carbons (Fsp3) is 0.192. The minimum Gasteiger partial charge on any atom is -0.445 e. The zero-order valence-electron chi connectivity index (χ0n) is 17.6. The van der Waals surface area contributed by atoms with E-state index in [1.165, 1.54) is 4.90 Å². The third-order valence-corrected chi connectivity index (χ3v) is 5.51. The molecule has 0 saturated carbocycles. The fourth-order valence-corrected chi connectivity index (χ4v) is 3.88. The molecule has 1 saturated heterocycles. The molecule has 3 aromatic rings. The molecule has 6 nitrogen and oxygen atoms in total. The van der Waals surface area contributed by atoms with Gasteiger partial charge in [0.15, 0.2) is 6.19 Å². The van der Waals surface area contributed by atoms with E-state index in [4.69, 9.17) is 4.74 Å². The highest BCUT2D eigenvalue weighted by Gasteiger charge is 2.38. The molecule has 32 heavy (non-hydrogen) atoms. The Kier molecular flexibility index (Phi) is 6.47. The van der Waals surface area contributed by atoms with Gasteiger partial charge in [-0.15, -0.1) is 0 Å². The van der Waals surface area contributed by atoms with Gasteiger partial charge in [-0.3, -0.25) is 9.69 Å². The maximum Gasteiger partial charge on any atom is 0.410 e. The SMILES string of the molecule is N#CN(C(=O)C1CCCN1C(=O)OCc1ccccc1)c1cccc(-c2ccccc2)c1. The van der Waals surface area contributed by atoms with Gasteiger partial charge in [-0.2, -0.15) is 5.26 Å². The van der Waals surface area contributed by atoms with Crippen LogP contribution in [0.15, 0.2) is 84.9 Å². The van der Waals surface area contributed by atoms with E-state index in [1.54, 1.807) is 6.07 Å². The van der Waals surface area contributed by atoms with Gasteiger partial charge in [0.05, 0.1) is 5.69 Å². The Balaban J connectivity index is 1.49. The van der Waals surface area contributed by atoms with E-state index in [0.29, 0.717) is 25.1 Å². The summed E-state index contributed by atoms with van der Waals surface area (Å²) in [5.74, 6) is -0.424. The molecule has 1 aliphatic heterocycles. The van der Waals surface area contributed by atoms with Crippen molar-refractivity contribution in [3.05, 3.63) is 90.5 Å². The van der Waals surface area contributed by atoms with Crippen molar-refractivity contribution in [3.8, 4) is 17.3 Å². The second-order valence-electron chi connectivity index (χ2n) is 7.58. The zero-order valence-corrected chi connectivity index (χ0v) is 17.6. The number of nitriles is 1. The van der Waals surface area contributed by atoms with Crippen LogP contribution in [-0.2, 0) is 16.1 Å². The molecule has 0 N–H and O–H groups in total. The Morgan fingerprint density at radius 2 is 1.66 bits per heavy atom. The largest absolute Gasteiger partial charge is 0.445 e. The minimum atomic E-state index is -0.724. The number of likely N-dealkylation sites (tertiary alicyclic amines) is 1. The topological polar surface area (TPSA) is 73.6 Å². The molecule has 0 bridgehead atoms. The highest BCUT2D eigenvalue weighted by molar-refractivity contribution is 6.01. The molecule has 4 rings (SSSR count). The number of hydrogen-bond acceptors (Lipinski definition) is 4. The van der Waals surface area contributed by atoms with Crippen molar-refractivity contribution in [3.63, 3.8) is 0 Å². The van der Waals surface area contributed by atoms with Crippen LogP contribution in [0.25, 0.3) is 11.1 Å². The molecule has 6 heteroatoms. The molecule has 1 atom stereocenters. The summed E-state index contributed by atoms with van der Waals surface area (Å²) >= 11 is 0. The van der Waals surface area contributed by atoms with Gasteiger partial charge in [0.2, 0.25) is 0 Å². The molecule has 0 aliphatic carbocycles. The monoisotopic (exact) mass is 425 g/mol. The lowest BCUT2D eigenvalue weighted by Gasteiger charge is -2.26. The number of rotatable bonds is 5. The van der Waals surface area contributed by atoms with Crippen LogP contribution in [0.3, 0.4) is 0 Å². The number of carbonyl (C=O) groups is 2. The third kappa shape index (κ3) is 4.62. The van der Waals surface area contributed by atoms with Crippen LogP contribution in [-0.4, -0.2) is 29.5 Å². The first-order valence-electron chi connectivity index (χ1n) is 10.5. The first kappa shape index (κ1) is 21.1. The van der Waals surface area contributed by atoms with Gasteiger partial charge in [0, 0.05) is 6.54 Å². The molecule has 1 aliphatic rings. The van der Waals surface area contributed by atoms with Gasteiger partial charge >= 0.3 is 6.09 Å². The van der Waals surface area contributed by atoms with E-state index in [2.05, 4.69) is 0 Å². The zero-order chi connectivity index (χ0) is 22.3. The van der Waals surface area contributed by atoms with Crippen LogP contribution in [0.1, 0.15) is 18.4 Å². The maximum atomic E-state index is 13.3. The van der Waals surface area contributed by atoms with Crippen LogP contribution < -0.4 is 4.90 Å². The Morgan fingerprint density at radius 1 is 0.969 bits per heavy atom. The summed E-state index contributed by atoms with van der Waals surface area (Å²) in [5.41, 5.74) is 3.25. The van der Waals surface area contributed by atoms with Crippen LogP contribution in [0.5, 0.6) is 0 Å². The molecule has 0 aromatic heterocycles. The Bertz CT molecular complexity index is 1130. The molecule has 1 fully saturated rings. The van der Waals surface area contributed by atoms with E-state index in [9.17, 15) is 14.9 Å². The van der Waals surface area contributed by atoms with Crippen molar-refractivity contribution in [2.24, 2.45) is 0 Å². The quantitative estimate of drug-likeness (QED) is 0.427. The van der Waals surface area contributed by atoms with E-state index in [1.807, 2.05) is 85.1 Å². The molecular formula is C26H23N3O3. The van der Waals surface area contributed by atoms with Gasteiger partial charge in [0.25, 0.3) is 5.91 Å². The van der Waals surface area contributed by atoms with Crippen molar-refractivity contribution >= 4 is 17.7 Å². The summed E-state index contributed by atoms with van der Waals surface area (Å²) in [7, 11) is 0. The number of amides is 2. The molecule has 1 heterocycles. The van der Waals surface area contributed by atoms with Gasteiger partial charge in [0.1, 0.15) is 12.6 Å². The molecule has 2 amide bonds. The van der Waals surface area contributed by atoms with Gasteiger partial charge < -0.3 is 4.74 Å². The van der Waals surface area contributed by atoms with E-state index >= 15 is 0 Å². The minimum absolute atomic E-state index is 0.137. The van der Waals surface area contributed by atoms with Crippen molar-refractivity contribution < 1.29 is 14.3 Å². The summed E-state index contributed by atoms with van der Waals surface area (Å²) in [6, 6.07) is 25.7. The number of carbonyl (C=O) groups excluding carboxylic acids is 2. The standard InChI is InChI=1S/C26H23N3O3/c27-19-29(23-14-7-13-22(17-23)21-11-5-2-6-12-21)25(30)24-15-8-16-28(24)26(31)32-18-20-9-3-1-4-10-20/h1-7,9-14,17,24H,8,15-16,18H2. The summed E-state index contributed by atoms with van der Waals surface area (Å²) in [5, 5.41) is 9.77. The molecule has 3 aromatic carbocycles. The van der Waals surface area contributed by atoms with Gasteiger partial charge in [-0.1, -0.05) is 72.8 Å². The average Bonchev–Trinajstić information content (AvgIpc) is 3.35. The van der Waals surface area contributed by atoms with E-state index in [0.717, 1.165) is 21.6 Å². The number of hydrogen-bond donors (Lipinski definition) is 0. The molecule has 1 unspecified atom stereocenters. The lowest BCUT2D eigenvalue weighted by atomic mass is 10.0. The Labute approximate surface area is 187 Å². The highest BCUT2D eigenvalue weighted by Crippen LogP contribution is 2.27. The van der Waals surface area contributed by atoms with E-state index in [-0.39, 0.29) is 6.61 Å². The van der Waals surface area contributed by atoms with Crippen molar-refractivity contribution in [2.75, 3.05) is 11.4 Å². The number of benzene rings is 3. The summed E-state index contributed by atoms with van der Waals surface area (Å²) in [6.45, 7) is 0.561. The van der Waals surface area contributed by atoms with E-state index < -0.39 is 18.0 Å². The first-order valence-corrected chi connectivity index (χ1v) is 10.5. The lowest BCUT2D eigenvalue weighted by molar-refractivity contribution is -0.121. The van der Waals surface area contributed by atoms with Gasteiger partial charge in [-0.05, 0) is 41.7 Å². The predicted octanol–water partition coefficient (Wildman–Crippen LogP) is 4.97. The van der Waals surface area contributed by atoms with Crippen molar-refractivity contribution in [1.29, 1.82) is 5.26 Å². The second kappa shape index (κ2) is 9.80. The number of nitrogens with zero attached hydrogens (tertiary/aromatic N) is 3. The lowest BCUT2D eigenvalue weighted by Crippen LogP contribution is -2.46. The van der Waals surface area contributed by atoms with Gasteiger partial charge in [-0.25, -0.2) is 9.69 Å². The van der Waals surface area contributed by atoms with Crippen LogP contribution in [0.4, 0.5) is 10.5 Å². The maximum absolute atomic E-state index is 13.3. The van der Waals surface area contributed by atoms with Crippen molar-refractivity contribution in [2.45, 2.75) is 25.5 Å². The number of anilines is 1. The smallest absolute Gasteiger partial charge is 0.410 e. The highest BCUT2D eigenvalue weighted by atomic mass is 16.6. The first-order chi connectivity index (χ1) is 15.7. The Morgan fingerprint density at radius 3 is 2.38 bits per heavy atom. The molecular weight excluding hydrogens is 402 g/mol. The molecule has 0 radical (unpaired) electrons. The van der Waals surface area contributed by atoms with Crippen molar-refractivity contribution in [1.82, 2.24) is 4.90 Å². The van der Waals surface area contributed by atoms with Crippen LogP contribution >= 0.6 is 0 Å². The predicted molar refractivity (Wildman–Crippen MR) is 121 cm³/mol. The average molecular weight is 425 g/mol. The summed E-state index contributed by atoms with van der Waals surface area (Å²) in [4.78, 5) is 28.4. The number of ether oxygens (including phenoxy) is 1. The van der Waals surface area contributed by atoms with Crippen LogP contribution in [0.2, 0.25) is 0 Å². The fourth-order valence-electron chi connectivity index (χ4n) is 3.88. The summed E-state index contributed by atoms with van der Waals surface area (Å²) < 4.78 is 5.42. The molecule has 160 valence electrons. The van der Waals surface area contributed by atoms with Crippen LogP contribution in [0, 0.1) is 11.5 Å². The second-order valence-corrected chi connectivity index (χ2v) is 7.58. The Hall–Kier alpha value is -4.11.